The highest BCUT2D eigenvalue weighted by molar-refractivity contribution is 5.72. The minimum Gasteiger partial charge on any atom is -0.469 e. The smallest absolute Gasteiger partial charge is 0.310 e. The van der Waals surface area contributed by atoms with Crippen molar-refractivity contribution >= 4 is 5.97 Å². The van der Waals surface area contributed by atoms with Crippen molar-refractivity contribution in [3.8, 4) is 0 Å². The lowest BCUT2D eigenvalue weighted by Crippen LogP contribution is -2.27. The second-order valence-electron chi connectivity index (χ2n) is 4.85. The number of nitrogens with zero attached hydrogens (tertiary/aromatic N) is 1. The Hall–Kier alpha value is -1.39. The molecule has 1 atom stereocenters. The minimum absolute atomic E-state index is 0.0409. The molecule has 1 fully saturated rings. The fraction of sp³-hybridized carbons (Fsp3) is 0.533. The van der Waals surface area contributed by atoms with Crippen LogP contribution in [0.2, 0.25) is 0 Å². The van der Waals surface area contributed by atoms with Crippen molar-refractivity contribution in [1.82, 2.24) is 4.90 Å². The van der Waals surface area contributed by atoms with E-state index >= 15 is 0 Å². The van der Waals surface area contributed by atoms with Gasteiger partial charge in [0.05, 0.1) is 26.2 Å². The third-order valence-corrected chi connectivity index (χ3v) is 3.47. The van der Waals surface area contributed by atoms with Crippen molar-refractivity contribution in [1.29, 1.82) is 0 Å². The molecule has 1 aromatic rings. The van der Waals surface area contributed by atoms with Crippen LogP contribution in [0.5, 0.6) is 0 Å². The Morgan fingerprint density at radius 2 is 2.16 bits per heavy atom. The molecule has 1 aliphatic rings. The molecule has 4 heteroatoms. The van der Waals surface area contributed by atoms with Crippen LogP contribution in [-0.2, 0) is 20.9 Å². The van der Waals surface area contributed by atoms with E-state index in [1.807, 2.05) is 18.2 Å². The molecule has 1 saturated heterocycles. The SMILES string of the molecule is COC(=O)C1CCN(CCOCc2ccccc2)C1. The van der Waals surface area contributed by atoms with Crippen molar-refractivity contribution in [2.45, 2.75) is 13.0 Å². The number of rotatable bonds is 6. The summed E-state index contributed by atoms with van der Waals surface area (Å²) in [7, 11) is 1.45. The van der Waals surface area contributed by atoms with Crippen molar-refractivity contribution < 1.29 is 14.3 Å². The summed E-state index contributed by atoms with van der Waals surface area (Å²) < 4.78 is 10.4. The van der Waals surface area contributed by atoms with Crippen LogP contribution in [0.15, 0.2) is 30.3 Å². The van der Waals surface area contributed by atoms with Gasteiger partial charge in [-0.1, -0.05) is 30.3 Å². The molecule has 1 unspecified atom stereocenters. The maximum Gasteiger partial charge on any atom is 0.310 e. The first-order valence-electron chi connectivity index (χ1n) is 6.71. The van der Waals surface area contributed by atoms with Crippen LogP contribution in [0.3, 0.4) is 0 Å². The quantitative estimate of drug-likeness (QED) is 0.578. The number of likely N-dealkylation sites (tertiary alicyclic amines) is 1. The average Bonchev–Trinajstić information content (AvgIpc) is 2.93. The number of methoxy groups -OCH3 is 1. The third kappa shape index (κ3) is 4.33. The molecule has 1 aliphatic heterocycles. The van der Waals surface area contributed by atoms with E-state index in [0.29, 0.717) is 13.2 Å². The standard InChI is InChI=1S/C15H21NO3/c1-18-15(17)14-7-8-16(11-14)9-10-19-12-13-5-3-2-4-6-13/h2-6,14H,7-12H2,1H3. The molecule has 0 saturated carbocycles. The van der Waals surface area contributed by atoms with Crippen LogP contribution >= 0.6 is 0 Å². The first-order chi connectivity index (χ1) is 9.29. The number of carbonyl (C=O) groups is 1. The van der Waals surface area contributed by atoms with Crippen molar-refractivity contribution in [2.75, 3.05) is 33.4 Å². The van der Waals surface area contributed by atoms with E-state index in [-0.39, 0.29) is 11.9 Å². The molecule has 1 aromatic carbocycles. The van der Waals surface area contributed by atoms with Crippen LogP contribution < -0.4 is 0 Å². The number of esters is 1. The molecule has 0 radical (unpaired) electrons. The van der Waals surface area contributed by atoms with Gasteiger partial charge in [0, 0.05) is 13.1 Å². The molecule has 1 heterocycles. The van der Waals surface area contributed by atoms with E-state index in [1.165, 1.54) is 12.7 Å². The second kappa shape index (κ2) is 7.26. The zero-order valence-electron chi connectivity index (χ0n) is 11.4. The topological polar surface area (TPSA) is 38.8 Å². The van der Waals surface area contributed by atoms with Gasteiger partial charge >= 0.3 is 5.97 Å². The van der Waals surface area contributed by atoms with Gasteiger partial charge in [-0.15, -0.1) is 0 Å². The van der Waals surface area contributed by atoms with E-state index < -0.39 is 0 Å². The van der Waals surface area contributed by atoms with E-state index in [4.69, 9.17) is 9.47 Å². The molecule has 104 valence electrons. The Kier molecular flexibility index (Phi) is 5.36. The Labute approximate surface area is 114 Å². The summed E-state index contributed by atoms with van der Waals surface area (Å²) >= 11 is 0. The van der Waals surface area contributed by atoms with Crippen LogP contribution in [0.25, 0.3) is 0 Å². The minimum atomic E-state index is -0.0901. The zero-order valence-corrected chi connectivity index (χ0v) is 11.4. The van der Waals surface area contributed by atoms with E-state index in [9.17, 15) is 4.79 Å². The van der Waals surface area contributed by atoms with E-state index in [1.54, 1.807) is 0 Å². The van der Waals surface area contributed by atoms with Crippen LogP contribution in [0.4, 0.5) is 0 Å². The van der Waals surface area contributed by atoms with Crippen LogP contribution in [-0.4, -0.2) is 44.2 Å². The molecule has 0 bridgehead atoms. The molecular formula is C15H21NO3. The lowest BCUT2D eigenvalue weighted by Gasteiger charge is -2.15. The van der Waals surface area contributed by atoms with E-state index in [0.717, 1.165) is 26.1 Å². The molecule has 0 amide bonds. The summed E-state index contributed by atoms with van der Waals surface area (Å²) in [6.07, 6.45) is 0.894. The maximum atomic E-state index is 11.4. The number of ether oxygens (including phenoxy) is 2. The van der Waals surface area contributed by atoms with Gasteiger partial charge in [0.2, 0.25) is 0 Å². The van der Waals surface area contributed by atoms with E-state index in [2.05, 4.69) is 17.0 Å². The third-order valence-electron chi connectivity index (χ3n) is 3.47. The van der Waals surface area contributed by atoms with Crippen molar-refractivity contribution in [3.63, 3.8) is 0 Å². The Morgan fingerprint density at radius 1 is 1.37 bits per heavy atom. The molecule has 0 aliphatic carbocycles. The molecule has 19 heavy (non-hydrogen) atoms. The molecular weight excluding hydrogens is 242 g/mol. The van der Waals surface area contributed by atoms with Crippen molar-refractivity contribution in [3.05, 3.63) is 35.9 Å². The highest BCUT2D eigenvalue weighted by Gasteiger charge is 2.28. The summed E-state index contributed by atoms with van der Waals surface area (Å²) in [5, 5.41) is 0. The molecule has 2 rings (SSSR count). The van der Waals surface area contributed by atoms with Gasteiger partial charge in [-0.25, -0.2) is 0 Å². The van der Waals surface area contributed by atoms with Gasteiger partial charge in [-0.3, -0.25) is 4.79 Å². The zero-order chi connectivity index (χ0) is 13.5. The Bertz CT molecular complexity index is 394. The number of carbonyl (C=O) groups excluding carboxylic acids is 1. The second-order valence-corrected chi connectivity index (χ2v) is 4.85. The summed E-state index contributed by atoms with van der Waals surface area (Å²) in [6, 6.07) is 10.1. The van der Waals surface area contributed by atoms with Gasteiger partial charge < -0.3 is 14.4 Å². The lowest BCUT2D eigenvalue weighted by molar-refractivity contribution is -0.144. The monoisotopic (exact) mass is 263 g/mol. The largest absolute Gasteiger partial charge is 0.469 e. The Balaban J connectivity index is 1.61. The maximum absolute atomic E-state index is 11.4. The summed E-state index contributed by atoms with van der Waals surface area (Å²) in [5.74, 6) is -0.0492. The first-order valence-corrected chi connectivity index (χ1v) is 6.71. The number of hydrogen-bond acceptors (Lipinski definition) is 4. The number of benzene rings is 1. The van der Waals surface area contributed by atoms with Crippen LogP contribution in [0.1, 0.15) is 12.0 Å². The fourth-order valence-electron chi connectivity index (χ4n) is 2.35. The fourth-order valence-corrected chi connectivity index (χ4v) is 2.35. The summed E-state index contributed by atoms with van der Waals surface area (Å²) in [5.41, 5.74) is 1.19. The van der Waals surface area contributed by atoms with Crippen LogP contribution in [0, 0.1) is 5.92 Å². The highest BCUT2D eigenvalue weighted by Crippen LogP contribution is 2.16. The van der Waals surface area contributed by atoms with Gasteiger partial charge in [-0.05, 0) is 18.5 Å². The predicted octanol–water partition coefficient (Wildman–Crippen LogP) is 1.70. The van der Waals surface area contributed by atoms with Gasteiger partial charge in [0.15, 0.2) is 0 Å². The molecule has 0 aromatic heterocycles. The number of hydrogen-bond donors (Lipinski definition) is 0. The lowest BCUT2D eigenvalue weighted by atomic mass is 10.1. The predicted molar refractivity (Wildman–Crippen MR) is 72.7 cm³/mol. The van der Waals surface area contributed by atoms with Crippen molar-refractivity contribution in [2.24, 2.45) is 5.92 Å². The normalized spacial score (nSPS) is 19.5. The molecule has 0 spiro atoms. The van der Waals surface area contributed by atoms with Gasteiger partial charge in [0.25, 0.3) is 0 Å². The van der Waals surface area contributed by atoms with Gasteiger partial charge in [-0.2, -0.15) is 0 Å². The first kappa shape index (κ1) is 14.0. The molecule has 4 nitrogen and oxygen atoms in total. The van der Waals surface area contributed by atoms with Gasteiger partial charge in [0.1, 0.15) is 0 Å². The average molecular weight is 263 g/mol. The summed E-state index contributed by atoms with van der Waals surface area (Å²) in [6.45, 7) is 3.97. The highest BCUT2D eigenvalue weighted by atomic mass is 16.5. The Morgan fingerprint density at radius 3 is 2.89 bits per heavy atom. The molecule has 0 N–H and O–H groups in total. The summed E-state index contributed by atoms with van der Waals surface area (Å²) in [4.78, 5) is 13.7.